The number of amides is 1. The maximum Gasteiger partial charge on any atom is 0.246 e. The number of methoxy groups -OCH3 is 1. The third kappa shape index (κ3) is 5.15. The van der Waals surface area contributed by atoms with Crippen LogP contribution in [0.15, 0.2) is 36.4 Å². The van der Waals surface area contributed by atoms with Crippen LogP contribution in [0.1, 0.15) is 38.2 Å². The van der Waals surface area contributed by atoms with Gasteiger partial charge in [0.15, 0.2) is 11.5 Å². The first-order valence-electron chi connectivity index (χ1n) is 8.58. The normalized spacial score (nSPS) is 14.9. The molecule has 4 nitrogen and oxygen atoms in total. The average Bonchev–Trinajstić information content (AvgIpc) is 2.61. The zero-order valence-corrected chi connectivity index (χ0v) is 14.7. The first-order chi connectivity index (χ1) is 11.6. The molecular weight excluding hydrogens is 302 g/mol. The Kier molecular flexibility index (Phi) is 6.91. The van der Waals surface area contributed by atoms with Crippen molar-refractivity contribution in [1.82, 2.24) is 4.90 Å². The predicted molar refractivity (Wildman–Crippen MR) is 97.4 cm³/mol. The summed E-state index contributed by atoms with van der Waals surface area (Å²) in [6.45, 7) is 8.30. The van der Waals surface area contributed by atoms with Gasteiger partial charge in [0.2, 0.25) is 5.91 Å². The lowest BCUT2D eigenvalue weighted by Gasteiger charge is -2.26. The summed E-state index contributed by atoms with van der Waals surface area (Å²) in [5.74, 6) is 1.48. The molecule has 0 N–H and O–H groups in total. The van der Waals surface area contributed by atoms with Crippen molar-refractivity contribution in [2.45, 2.75) is 32.6 Å². The summed E-state index contributed by atoms with van der Waals surface area (Å²) in [4.78, 5) is 14.1. The van der Waals surface area contributed by atoms with Crippen LogP contribution in [0, 0.1) is 0 Å². The number of nitrogens with zero attached hydrogens (tertiary/aromatic N) is 1. The average molecular weight is 329 g/mol. The van der Waals surface area contributed by atoms with Crippen LogP contribution in [0.4, 0.5) is 0 Å². The van der Waals surface area contributed by atoms with Crippen LogP contribution in [0.25, 0.3) is 6.08 Å². The second-order valence-corrected chi connectivity index (χ2v) is 6.02. The van der Waals surface area contributed by atoms with Gasteiger partial charge in [0.1, 0.15) is 0 Å². The van der Waals surface area contributed by atoms with E-state index in [4.69, 9.17) is 9.47 Å². The van der Waals surface area contributed by atoms with E-state index in [1.54, 1.807) is 13.2 Å². The van der Waals surface area contributed by atoms with Crippen molar-refractivity contribution in [3.63, 3.8) is 0 Å². The van der Waals surface area contributed by atoms with E-state index >= 15 is 0 Å². The van der Waals surface area contributed by atoms with Crippen LogP contribution in [0.5, 0.6) is 11.5 Å². The number of unbranched alkanes of at least 4 members (excludes halogenated alkanes) is 1. The number of ether oxygens (including phenoxy) is 2. The maximum atomic E-state index is 12.2. The smallest absolute Gasteiger partial charge is 0.246 e. The zero-order valence-electron chi connectivity index (χ0n) is 14.7. The van der Waals surface area contributed by atoms with Gasteiger partial charge < -0.3 is 14.4 Å². The minimum Gasteiger partial charge on any atom is -0.493 e. The summed E-state index contributed by atoms with van der Waals surface area (Å²) in [7, 11) is 1.63. The van der Waals surface area contributed by atoms with Crippen molar-refractivity contribution in [3.05, 3.63) is 42.0 Å². The molecule has 0 spiro atoms. The van der Waals surface area contributed by atoms with E-state index in [1.807, 2.05) is 29.2 Å². The van der Waals surface area contributed by atoms with Gasteiger partial charge in [-0.3, -0.25) is 4.79 Å². The van der Waals surface area contributed by atoms with E-state index in [9.17, 15) is 4.79 Å². The molecule has 24 heavy (non-hydrogen) atoms. The summed E-state index contributed by atoms with van der Waals surface area (Å²) in [5, 5.41) is 0. The largest absolute Gasteiger partial charge is 0.493 e. The summed E-state index contributed by atoms with van der Waals surface area (Å²) in [5.41, 5.74) is 2.15. The topological polar surface area (TPSA) is 38.8 Å². The third-order valence-electron chi connectivity index (χ3n) is 4.14. The fourth-order valence-electron chi connectivity index (χ4n) is 2.55. The van der Waals surface area contributed by atoms with Crippen LogP contribution in [-0.2, 0) is 4.79 Å². The Balaban J connectivity index is 1.98. The predicted octanol–water partition coefficient (Wildman–Crippen LogP) is 4.07. The van der Waals surface area contributed by atoms with E-state index in [0.29, 0.717) is 12.4 Å². The number of hydrogen-bond donors (Lipinski definition) is 0. The van der Waals surface area contributed by atoms with E-state index < -0.39 is 0 Å². The first kappa shape index (κ1) is 18.1. The molecule has 0 saturated carbocycles. The molecule has 1 heterocycles. The van der Waals surface area contributed by atoms with Gasteiger partial charge >= 0.3 is 0 Å². The van der Waals surface area contributed by atoms with Gasteiger partial charge in [-0.25, -0.2) is 0 Å². The van der Waals surface area contributed by atoms with Gasteiger partial charge in [0.25, 0.3) is 0 Å². The minimum absolute atomic E-state index is 0.0461. The standard InChI is InChI=1S/C20H27NO3/c1-4-5-14-24-18-8-6-17(15-19(18)23-3)7-9-20(22)21-12-10-16(2)11-13-21/h6-9,15H,2,4-5,10-14H2,1,3H3/b9-7+. The lowest BCUT2D eigenvalue weighted by molar-refractivity contribution is -0.126. The summed E-state index contributed by atoms with van der Waals surface area (Å²) in [6, 6.07) is 5.72. The second kappa shape index (κ2) is 9.16. The highest BCUT2D eigenvalue weighted by Gasteiger charge is 2.15. The highest BCUT2D eigenvalue weighted by molar-refractivity contribution is 5.92. The van der Waals surface area contributed by atoms with Crippen LogP contribution in [0.2, 0.25) is 0 Å². The highest BCUT2D eigenvalue weighted by atomic mass is 16.5. The molecule has 1 aliphatic rings. The zero-order chi connectivity index (χ0) is 17.4. The Bertz CT molecular complexity index is 597. The molecule has 1 aromatic rings. The lowest BCUT2D eigenvalue weighted by Crippen LogP contribution is -2.34. The van der Waals surface area contributed by atoms with Gasteiger partial charge in [0.05, 0.1) is 13.7 Å². The molecule has 0 atom stereocenters. The fourth-order valence-corrected chi connectivity index (χ4v) is 2.55. The van der Waals surface area contributed by atoms with E-state index in [1.165, 1.54) is 5.57 Å². The Hall–Kier alpha value is -2.23. The monoisotopic (exact) mass is 329 g/mol. The number of piperidine rings is 1. The van der Waals surface area contributed by atoms with Crippen molar-refractivity contribution >= 4 is 12.0 Å². The van der Waals surface area contributed by atoms with Gasteiger partial charge in [-0.1, -0.05) is 31.6 Å². The van der Waals surface area contributed by atoms with Gasteiger partial charge in [-0.15, -0.1) is 0 Å². The molecule has 1 amide bonds. The Morgan fingerprint density at radius 3 is 2.71 bits per heavy atom. The van der Waals surface area contributed by atoms with Gasteiger partial charge in [-0.2, -0.15) is 0 Å². The lowest BCUT2D eigenvalue weighted by atomic mass is 10.1. The Morgan fingerprint density at radius 2 is 2.04 bits per heavy atom. The molecule has 1 fully saturated rings. The molecule has 0 aliphatic carbocycles. The Morgan fingerprint density at radius 1 is 1.29 bits per heavy atom. The van der Waals surface area contributed by atoms with Crippen molar-refractivity contribution in [1.29, 1.82) is 0 Å². The van der Waals surface area contributed by atoms with Crippen molar-refractivity contribution in [2.75, 3.05) is 26.8 Å². The SMILES string of the molecule is C=C1CCN(C(=O)/C=C/c2ccc(OCCCC)c(OC)c2)CC1. The second-order valence-electron chi connectivity index (χ2n) is 6.02. The number of likely N-dealkylation sites (tertiary alicyclic amines) is 1. The fraction of sp³-hybridized carbons (Fsp3) is 0.450. The maximum absolute atomic E-state index is 12.2. The van der Waals surface area contributed by atoms with Crippen LogP contribution in [0.3, 0.4) is 0 Å². The van der Waals surface area contributed by atoms with Crippen molar-refractivity contribution in [3.8, 4) is 11.5 Å². The third-order valence-corrected chi connectivity index (χ3v) is 4.14. The number of carbonyl (C=O) groups excluding carboxylic acids is 1. The molecule has 0 unspecified atom stereocenters. The quantitative estimate of drug-likeness (QED) is 0.430. The molecule has 1 saturated heterocycles. The van der Waals surface area contributed by atoms with Crippen molar-refractivity contribution < 1.29 is 14.3 Å². The van der Waals surface area contributed by atoms with E-state index in [-0.39, 0.29) is 5.91 Å². The summed E-state index contributed by atoms with van der Waals surface area (Å²) < 4.78 is 11.1. The van der Waals surface area contributed by atoms with Crippen LogP contribution < -0.4 is 9.47 Å². The molecule has 0 bridgehead atoms. The number of carbonyl (C=O) groups is 1. The molecule has 4 heteroatoms. The minimum atomic E-state index is 0.0461. The van der Waals surface area contributed by atoms with Crippen LogP contribution >= 0.6 is 0 Å². The molecule has 130 valence electrons. The van der Waals surface area contributed by atoms with E-state index in [0.717, 1.165) is 50.1 Å². The number of hydrogen-bond acceptors (Lipinski definition) is 3. The Labute approximate surface area is 144 Å². The summed E-state index contributed by atoms with van der Waals surface area (Å²) in [6.07, 6.45) is 7.36. The first-order valence-corrected chi connectivity index (χ1v) is 8.58. The highest BCUT2D eigenvalue weighted by Crippen LogP contribution is 2.28. The molecule has 1 aromatic carbocycles. The van der Waals surface area contributed by atoms with Gasteiger partial charge in [-0.05, 0) is 43.0 Å². The van der Waals surface area contributed by atoms with Gasteiger partial charge in [0, 0.05) is 19.2 Å². The summed E-state index contributed by atoms with van der Waals surface area (Å²) >= 11 is 0. The number of benzene rings is 1. The van der Waals surface area contributed by atoms with Crippen LogP contribution in [-0.4, -0.2) is 37.6 Å². The molecule has 1 aliphatic heterocycles. The molecule has 0 radical (unpaired) electrons. The molecule has 0 aromatic heterocycles. The number of rotatable bonds is 7. The molecular formula is C20H27NO3. The van der Waals surface area contributed by atoms with E-state index in [2.05, 4.69) is 13.5 Å². The van der Waals surface area contributed by atoms with Crippen molar-refractivity contribution in [2.24, 2.45) is 0 Å². The molecule has 2 rings (SSSR count).